The lowest BCUT2D eigenvalue weighted by Crippen LogP contribution is -2.18. The van der Waals surface area contributed by atoms with Crippen LogP contribution in [0.4, 0.5) is 21.5 Å². The fraction of sp³-hybridized carbons (Fsp3) is 0.500. The van der Waals surface area contributed by atoms with Crippen molar-refractivity contribution in [3.05, 3.63) is 16.9 Å². The van der Waals surface area contributed by atoms with Gasteiger partial charge < -0.3 is 16.8 Å². The molecule has 5 N–H and O–H groups in total. The van der Waals surface area contributed by atoms with Crippen molar-refractivity contribution in [2.24, 2.45) is 0 Å². The molecule has 3 nitrogen and oxygen atoms in total. The lowest BCUT2D eigenvalue weighted by Gasteiger charge is -2.18. The summed E-state index contributed by atoms with van der Waals surface area (Å²) in [4.78, 5) is 0. The number of halogens is 2. The first-order chi connectivity index (χ1) is 8.47. The summed E-state index contributed by atoms with van der Waals surface area (Å²) in [5, 5.41) is 2.97. The van der Waals surface area contributed by atoms with Gasteiger partial charge in [0.1, 0.15) is 5.02 Å². The van der Waals surface area contributed by atoms with Crippen molar-refractivity contribution in [3.63, 3.8) is 0 Å². The lowest BCUT2D eigenvalue weighted by molar-refractivity contribution is 0.627. The SMILES string of the molecule is CCSCCC(C)Nc1c(N)cc(N)c(Cl)c1F. The number of nitrogens with one attached hydrogen (secondary N) is 1. The Bertz CT molecular complexity index is 415. The number of thioether (sulfide) groups is 1. The van der Waals surface area contributed by atoms with Gasteiger partial charge in [0.25, 0.3) is 0 Å². The molecule has 0 aromatic heterocycles. The Morgan fingerprint density at radius 2 is 2.11 bits per heavy atom. The number of benzene rings is 1. The average Bonchev–Trinajstić information content (AvgIpc) is 2.32. The van der Waals surface area contributed by atoms with Crippen molar-refractivity contribution in [1.29, 1.82) is 0 Å². The zero-order valence-electron chi connectivity index (χ0n) is 10.6. The maximum atomic E-state index is 13.9. The molecule has 0 heterocycles. The summed E-state index contributed by atoms with van der Waals surface area (Å²) in [6, 6.07) is 1.60. The van der Waals surface area contributed by atoms with Gasteiger partial charge in [-0.15, -0.1) is 0 Å². The summed E-state index contributed by atoms with van der Waals surface area (Å²) >= 11 is 7.62. The van der Waals surface area contributed by atoms with Gasteiger partial charge >= 0.3 is 0 Å². The molecule has 0 spiro atoms. The van der Waals surface area contributed by atoms with Crippen LogP contribution in [0.15, 0.2) is 6.07 Å². The highest BCUT2D eigenvalue weighted by Gasteiger charge is 2.15. The number of hydrogen-bond acceptors (Lipinski definition) is 4. The van der Waals surface area contributed by atoms with Crippen LogP contribution in [0, 0.1) is 5.82 Å². The maximum absolute atomic E-state index is 13.9. The van der Waals surface area contributed by atoms with E-state index in [1.165, 1.54) is 6.07 Å². The van der Waals surface area contributed by atoms with Gasteiger partial charge in [0.05, 0.1) is 17.1 Å². The van der Waals surface area contributed by atoms with Crippen LogP contribution in [-0.4, -0.2) is 17.5 Å². The molecule has 0 amide bonds. The molecule has 0 saturated carbocycles. The largest absolute Gasteiger partial charge is 0.397 e. The summed E-state index contributed by atoms with van der Waals surface area (Å²) in [5.74, 6) is 1.52. The Morgan fingerprint density at radius 3 is 2.72 bits per heavy atom. The van der Waals surface area contributed by atoms with E-state index in [9.17, 15) is 4.39 Å². The molecule has 0 aliphatic carbocycles. The Balaban J connectivity index is 2.75. The molecule has 0 saturated heterocycles. The minimum Gasteiger partial charge on any atom is -0.397 e. The molecule has 0 radical (unpaired) electrons. The van der Waals surface area contributed by atoms with Gasteiger partial charge in [0.2, 0.25) is 0 Å². The highest BCUT2D eigenvalue weighted by molar-refractivity contribution is 7.99. The third-order valence-corrected chi connectivity index (χ3v) is 3.87. The molecule has 18 heavy (non-hydrogen) atoms. The fourth-order valence-corrected chi connectivity index (χ4v) is 2.49. The number of hydrogen-bond donors (Lipinski definition) is 3. The molecule has 6 heteroatoms. The van der Waals surface area contributed by atoms with Crippen molar-refractivity contribution in [2.75, 3.05) is 28.3 Å². The second-order valence-corrected chi connectivity index (χ2v) is 5.86. The van der Waals surface area contributed by atoms with Crippen molar-refractivity contribution < 1.29 is 4.39 Å². The number of nitrogen functional groups attached to an aromatic ring is 2. The number of nitrogens with two attached hydrogens (primary N) is 2. The van der Waals surface area contributed by atoms with Crippen LogP contribution in [0.1, 0.15) is 20.3 Å². The first-order valence-electron chi connectivity index (χ1n) is 5.84. The second-order valence-electron chi connectivity index (χ2n) is 4.09. The molecule has 1 aromatic rings. The van der Waals surface area contributed by atoms with E-state index in [0.29, 0.717) is 0 Å². The Labute approximate surface area is 116 Å². The average molecular weight is 292 g/mol. The lowest BCUT2D eigenvalue weighted by atomic mass is 10.2. The maximum Gasteiger partial charge on any atom is 0.169 e. The smallest absolute Gasteiger partial charge is 0.169 e. The Kier molecular flexibility index (Phi) is 5.88. The van der Waals surface area contributed by atoms with E-state index in [1.54, 1.807) is 0 Å². The van der Waals surface area contributed by atoms with Crippen LogP contribution >= 0.6 is 23.4 Å². The summed E-state index contributed by atoms with van der Waals surface area (Å²) < 4.78 is 13.9. The molecule has 1 atom stereocenters. The van der Waals surface area contributed by atoms with Crippen LogP contribution in [0.25, 0.3) is 0 Å². The molecule has 0 fully saturated rings. The third kappa shape index (κ3) is 3.85. The van der Waals surface area contributed by atoms with Crippen molar-refractivity contribution in [1.82, 2.24) is 0 Å². The van der Waals surface area contributed by atoms with Crippen molar-refractivity contribution >= 4 is 40.4 Å². The van der Waals surface area contributed by atoms with E-state index in [1.807, 2.05) is 18.7 Å². The standard InChI is InChI=1S/C12H19ClFN3S/c1-3-18-5-4-7(2)17-12-9(16)6-8(15)10(13)11(12)14/h6-7,17H,3-5,15-16H2,1-2H3. The van der Waals surface area contributed by atoms with Crippen LogP contribution in [0.3, 0.4) is 0 Å². The fourth-order valence-electron chi connectivity index (χ4n) is 1.54. The van der Waals surface area contributed by atoms with E-state index in [0.717, 1.165) is 17.9 Å². The van der Waals surface area contributed by atoms with E-state index in [4.69, 9.17) is 23.1 Å². The van der Waals surface area contributed by atoms with Gasteiger partial charge in [-0.25, -0.2) is 4.39 Å². The predicted octanol–water partition coefficient (Wildman–Crippen LogP) is 3.59. The summed E-state index contributed by atoms with van der Waals surface area (Å²) in [7, 11) is 0. The van der Waals surface area contributed by atoms with Crippen molar-refractivity contribution in [3.8, 4) is 0 Å². The topological polar surface area (TPSA) is 64.1 Å². The third-order valence-electron chi connectivity index (χ3n) is 2.56. The molecule has 0 bridgehead atoms. The summed E-state index contributed by atoms with van der Waals surface area (Å²) in [5.41, 5.74) is 12.0. The minimum absolute atomic E-state index is 0.0816. The molecule has 1 rings (SSSR count). The molecule has 0 aliphatic heterocycles. The molecular formula is C12H19ClFN3S. The molecular weight excluding hydrogens is 273 g/mol. The monoisotopic (exact) mass is 291 g/mol. The van der Waals surface area contributed by atoms with Crippen LogP contribution < -0.4 is 16.8 Å². The zero-order valence-corrected chi connectivity index (χ0v) is 12.2. The van der Waals surface area contributed by atoms with Crippen molar-refractivity contribution in [2.45, 2.75) is 26.3 Å². The van der Waals surface area contributed by atoms with Gasteiger partial charge in [0, 0.05) is 6.04 Å². The first kappa shape index (κ1) is 15.2. The van der Waals surface area contributed by atoms with Gasteiger partial charge in [-0.3, -0.25) is 0 Å². The molecule has 1 unspecified atom stereocenters. The molecule has 1 aromatic carbocycles. The molecule has 102 valence electrons. The van der Waals surface area contributed by atoms with E-state index >= 15 is 0 Å². The zero-order chi connectivity index (χ0) is 13.7. The van der Waals surface area contributed by atoms with Gasteiger partial charge in [-0.1, -0.05) is 18.5 Å². The number of rotatable bonds is 6. The minimum atomic E-state index is -0.579. The molecule has 0 aliphatic rings. The summed E-state index contributed by atoms with van der Waals surface area (Å²) in [6.45, 7) is 4.10. The normalized spacial score (nSPS) is 12.4. The van der Waals surface area contributed by atoms with Gasteiger partial charge in [0.15, 0.2) is 5.82 Å². The Hall–Kier alpha value is -0.810. The predicted molar refractivity (Wildman–Crippen MR) is 80.9 cm³/mol. The second kappa shape index (κ2) is 6.95. The highest BCUT2D eigenvalue weighted by Crippen LogP contribution is 2.34. The van der Waals surface area contributed by atoms with E-state index in [-0.39, 0.29) is 28.1 Å². The van der Waals surface area contributed by atoms with Crippen LogP contribution in [0.5, 0.6) is 0 Å². The Morgan fingerprint density at radius 1 is 1.44 bits per heavy atom. The van der Waals surface area contributed by atoms with Crippen LogP contribution in [0.2, 0.25) is 5.02 Å². The van der Waals surface area contributed by atoms with Gasteiger partial charge in [-0.05, 0) is 30.9 Å². The van der Waals surface area contributed by atoms with E-state index < -0.39 is 5.82 Å². The number of anilines is 3. The quantitative estimate of drug-likeness (QED) is 0.554. The van der Waals surface area contributed by atoms with E-state index in [2.05, 4.69) is 12.2 Å². The highest BCUT2D eigenvalue weighted by atomic mass is 35.5. The van der Waals surface area contributed by atoms with Crippen LogP contribution in [-0.2, 0) is 0 Å². The summed E-state index contributed by atoms with van der Waals surface area (Å²) in [6.07, 6.45) is 0.930. The van der Waals surface area contributed by atoms with Gasteiger partial charge in [-0.2, -0.15) is 11.8 Å². The first-order valence-corrected chi connectivity index (χ1v) is 7.37.